The van der Waals surface area contributed by atoms with Crippen molar-refractivity contribution in [3.63, 3.8) is 0 Å². The summed E-state index contributed by atoms with van der Waals surface area (Å²) in [5, 5.41) is 6.82. The third-order valence-electron chi connectivity index (χ3n) is 4.76. The van der Waals surface area contributed by atoms with Crippen LogP contribution in [0.4, 0.5) is 11.6 Å². The molecule has 4 aromatic rings. The quantitative estimate of drug-likeness (QED) is 0.402. The summed E-state index contributed by atoms with van der Waals surface area (Å²) in [6, 6.07) is 11.9. The van der Waals surface area contributed by atoms with E-state index in [1.54, 1.807) is 43.5 Å². The van der Waals surface area contributed by atoms with E-state index >= 15 is 0 Å². The first-order chi connectivity index (χ1) is 15.4. The van der Waals surface area contributed by atoms with Gasteiger partial charge in [0.1, 0.15) is 11.4 Å². The second-order valence-corrected chi connectivity index (χ2v) is 7.64. The number of carbonyl (C=O) groups excluding carboxylic acids is 1. The first kappa shape index (κ1) is 21.7. The molecule has 0 aliphatic heterocycles. The number of nitrogens with zero attached hydrogens (tertiary/aromatic N) is 3. The number of halogens is 2. The van der Waals surface area contributed by atoms with Crippen LogP contribution in [0.5, 0.6) is 17.2 Å². The third kappa shape index (κ3) is 4.28. The number of carbonyl (C=O) groups is 1. The highest BCUT2D eigenvalue weighted by molar-refractivity contribution is 6.35. The molecular weight excluding hydrogens is 453 g/mol. The zero-order chi connectivity index (χ0) is 22.8. The first-order valence-electron chi connectivity index (χ1n) is 9.52. The molecular formula is C22H19Cl2N5O3. The van der Waals surface area contributed by atoms with E-state index in [1.807, 2.05) is 17.7 Å². The molecule has 0 aliphatic carbocycles. The average Bonchev–Trinajstić information content (AvgIpc) is 3.09. The van der Waals surface area contributed by atoms with Gasteiger partial charge in [-0.15, -0.1) is 0 Å². The maximum atomic E-state index is 11.9. The Bertz CT molecular complexity index is 1320. The van der Waals surface area contributed by atoms with Gasteiger partial charge in [0.2, 0.25) is 5.95 Å². The Kier molecular flexibility index (Phi) is 6.07. The van der Waals surface area contributed by atoms with Crippen molar-refractivity contribution in [1.29, 1.82) is 0 Å². The molecule has 32 heavy (non-hydrogen) atoms. The molecule has 0 atom stereocenters. The SMILES string of the molecule is CNC(=O)c1cc(Oc2cc3nc(Nc4cc(Cl)ccc4Cl)n(C)c3cc2OC)ccn1. The van der Waals surface area contributed by atoms with Crippen LogP contribution in [0.25, 0.3) is 11.0 Å². The van der Waals surface area contributed by atoms with E-state index in [-0.39, 0.29) is 11.6 Å². The van der Waals surface area contributed by atoms with Crippen molar-refractivity contribution in [3.05, 3.63) is 64.4 Å². The molecule has 4 rings (SSSR count). The highest BCUT2D eigenvalue weighted by Crippen LogP contribution is 2.37. The predicted molar refractivity (Wildman–Crippen MR) is 125 cm³/mol. The molecule has 2 aromatic heterocycles. The lowest BCUT2D eigenvalue weighted by molar-refractivity contribution is 0.0958. The fourth-order valence-corrected chi connectivity index (χ4v) is 3.46. The van der Waals surface area contributed by atoms with Crippen molar-refractivity contribution in [2.24, 2.45) is 7.05 Å². The first-order valence-corrected chi connectivity index (χ1v) is 10.3. The van der Waals surface area contributed by atoms with Gasteiger partial charge in [-0.25, -0.2) is 4.98 Å². The zero-order valence-electron chi connectivity index (χ0n) is 17.4. The van der Waals surface area contributed by atoms with Crippen LogP contribution in [-0.4, -0.2) is 34.6 Å². The highest BCUT2D eigenvalue weighted by atomic mass is 35.5. The Morgan fingerprint density at radius 2 is 1.91 bits per heavy atom. The summed E-state index contributed by atoms with van der Waals surface area (Å²) in [6.07, 6.45) is 1.50. The number of methoxy groups -OCH3 is 1. The highest BCUT2D eigenvalue weighted by Gasteiger charge is 2.16. The molecule has 1 amide bonds. The summed E-state index contributed by atoms with van der Waals surface area (Å²) in [4.78, 5) is 20.6. The number of benzene rings is 2. The Hall–Kier alpha value is -3.49. The second-order valence-electron chi connectivity index (χ2n) is 6.79. The molecule has 0 unspecified atom stereocenters. The minimum absolute atomic E-state index is 0.243. The molecule has 10 heteroatoms. The van der Waals surface area contributed by atoms with Crippen molar-refractivity contribution in [1.82, 2.24) is 19.9 Å². The number of aryl methyl sites for hydroxylation is 1. The molecule has 2 aromatic carbocycles. The van der Waals surface area contributed by atoms with Crippen molar-refractivity contribution >= 4 is 51.8 Å². The molecule has 0 saturated heterocycles. The predicted octanol–water partition coefficient (Wildman–Crippen LogP) is 5.18. The normalized spacial score (nSPS) is 10.8. The number of imidazole rings is 1. The minimum Gasteiger partial charge on any atom is -0.493 e. The van der Waals surface area contributed by atoms with Crippen LogP contribution in [0.1, 0.15) is 10.5 Å². The lowest BCUT2D eigenvalue weighted by Crippen LogP contribution is -2.18. The number of pyridine rings is 1. The van der Waals surface area contributed by atoms with Crippen LogP contribution in [0.2, 0.25) is 10.0 Å². The maximum absolute atomic E-state index is 11.9. The van der Waals surface area contributed by atoms with Gasteiger partial charge in [-0.2, -0.15) is 0 Å². The summed E-state index contributed by atoms with van der Waals surface area (Å²) in [7, 11) is 4.96. The fraction of sp³-hybridized carbons (Fsp3) is 0.136. The van der Waals surface area contributed by atoms with Crippen molar-refractivity contribution in [2.75, 3.05) is 19.5 Å². The standard InChI is InChI=1S/C22H19Cl2N5O3/c1-25-21(30)17-9-13(6-7-26-17)32-20-10-16-18(11-19(20)31-3)29(2)22(28-16)27-15-8-12(23)4-5-14(15)24/h4-11H,1-3H3,(H,25,30)(H,27,28). The Morgan fingerprint density at radius 3 is 2.66 bits per heavy atom. The van der Waals surface area contributed by atoms with Gasteiger partial charge < -0.3 is 24.7 Å². The number of ether oxygens (including phenoxy) is 2. The summed E-state index contributed by atoms with van der Waals surface area (Å²) in [6.45, 7) is 0. The molecule has 8 nitrogen and oxygen atoms in total. The van der Waals surface area contributed by atoms with Crippen LogP contribution >= 0.6 is 23.2 Å². The van der Waals surface area contributed by atoms with Crippen LogP contribution in [-0.2, 0) is 7.05 Å². The number of amides is 1. The Morgan fingerprint density at radius 1 is 1.09 bits per heavy atom. The topological polar surface area (TPSA) is 90.3 Å². The maximum Gasteiger partial charge on any atom is 0.269 e. The molecule has 2 N–H and O–H groups in total. The van der Waals surface area contributed by atoms with E-state index in [2.05, 4.69) is 20.6 Å². The van der Waals surface area contributed by atoms with E-state index in [0.29, 0.717) is 44.4 Å². The largest absolute Gasteiger partial charge is 0.493 e. The number of anilines is 2. The van der Waals surface area contributed by atoms with Crippen LogP contribution in [0, 0.1) is 0 Å². The number of aromatic nitrogens is 3. The lowest BCUT2D eigenvalue weighted by Gasteiger charge is -2.11. The fourth-order valence-electron chi connectivity index (χ4n) is 3.12. The molecule has 0 spiro atoms. The summed E-state index contributed by atoms with van der Waals surface area (Å²) in [5.74, 6) is 1.65. The van der Waals surface area contributed by atoms with E-state index in [1.165, 1.54) is 13.2 Å². The van der Waals surface area contributed by atoms with E-state index < -0.39 is 0 Å². The number of hydrogen-bond acceptors (Lipinski definition) is 6. The molecule has 0 radical (unpaired) electrons. The van der Waals surface area contributed by atoms with Gasteiger partial charge in [-0.1, -0.05) is 23.2 Å². The van der Waals surface area contributed by atoms with Gasteiger partial charge in [0, 0.05) is 43.5 Å². The monoisotopic (exact) mass is 471 g/mol. The van der Waals surface area contributed by atoms with Crippen LogP contribution in [0.15, 0.2) is 48.7 Å². The van der Waals surface area contributed by atoms with Gasteiger partial charge in [-0.3, -0.25) is 9.78 Å². The number of fused-ring (bicyclic) bond motifs is 1. The zero-order valence-corrected chi connectivity index (χ0v) is 19.0. The summed E-state index contributed by atoms with van der Waals surface area (Å²) in [5.41, 5.74) is 2.37. The van der Waals surface area contributed by atoms with Gasteiger partial charge >= 0.3 is 0 Å². The lowest BCUT2D eigenvalue weighted by atomic mass is 10.2. The van der Waals surface area contributed by atoms with Crippen LogP contribution in [0.3, 0.4) is 0 Å². The average molecular weight is 472 g/mol. The van der Waals surface area contributed by atoms with Gasteiger partial charge in [-0.05, 0) is 24.3 Å². The minimum atomic E-state index is -0.307. The Balaban J connectivity index is 1.71. The van der Waals surface area contributed by atoms with E-state index in [4.69, 9.17) is 32.7 Å². The van der Waals surface area contributed by atoms with E-state index in [9.17, 15) is 4.79 Å². The summed E-state index contributed by atoms with van der Waals surface area (Å²) >= 11 is 12.4. The molecule has 0 aliphatic rings. The van der Waals surface area contributed by atoms with Gasteiger partial charge in [0.25, 0.3) is 5.91 Å². The van der Waals surface area contributed by atoms with Crippen molar-refractivity contribution in [3.8, 4) is 17.2 Å². The van der Waals surface area contributed by atoms with Gasteiger partial charge in [0.15, 0.2) is 11.5 Å². The van der Waals surface area contributed by atoms with Crippen molar-refractivity contribution in [2.45, 2.75) is 0 Å². The number of rotatable bonds is 6. The van der Waals surface area contributed by atoms with E-state index in [0.717, 1.165) is 5.52 Å². The molecule has 164 valence electrons. The smallest absolute Gasteiger partial charge is 0.269 e. The second kappa shape index (κ2) is 8.94. The molecule has 2 heterocycles. The molecule has 0 fully saturated rings. The number of hydrogen-bond donors (Lipinski definition) is 2. The number of nitrogens with one attached hydrogen (secondary N) is 2. The third-order valence-corrected chi connectivity index (χ3v) is 5.32. The molecule has 0 saturated carbocycles. The van der Waals surface area contributed by atoms with Crippen molar-refractivity contribution < 1.29 is 14.3 Å². The van der Waals surface area contributed by atoms with Crippen LogP contribution < -0.4 is 20.1 Å². The summed E-state index contributed by atoms with van der Waals surface area (Å²) < 4.78 is 13.4. The Labute approximate surface area is 194 Å². The molecule has 0 bridgehead atoms. The van der Waals surface area contributed by atoms with Gasteiger partial charge in [0.05, 0.1) is 28.9 Å².